The number of nitrogens with one attached hydrogen (secondary N) is 3. The molecule has 3 amide bonds. The molecule has 6 bridgehead atoms. The first-order valence-corrected chi connectivity index (χ1v) is 30.7. The van der Waals surface area contributed by atoms with E-state index in [2.05, 4.69) is 30.8 Å². The molecule has 17 nitrogen and oxygen atoms in total. The molecule has 6 aliphatic heterocycles. The van der Waals surface area contributed by atoms with Gasteiger partial charge in [0.05, 0.1) is 61.7 Å². The molecular formula is C63H81F3N10O7. The number of amides is 3. The van der Waals surface area contributed by atoms with E-state index in [1.807, 2.05) is 74.3 Å². The normalized spacial score (nSPS) is 27.0. The van der Waals surface area contributed by atoms with E-state index >= 15 is 22.8 Å². The van der Waals surface area contributed by atoms with Gasteiger partial charge in [-0.05, 0) is 117 Å². The van der Waals surface area contributed by atoms with Crippen LogP contribution in [0.2, 0.25) is 0 Å². The Kier molecular flexibility index (Phi) is 15.2. The highest BCUT2D eigenvalue weighted by Gasteiger charge is 2.58. The van der Waals surface area contributed by atoms with Crippen LogP contribution in [0.25, 0.3) is 33.3 Å². The lowest BCUT2D eigenvalue weighted by Crippen LogP contribution is -2.73. The number of hydrazine groups is 1. The van der Waals surface area contributed by atoms with E-state index in [1.54, 1.807) is 13.2 Å². The van der Waals surface area contributed by atoms with Crippen molar-refractivity contribution >= 4 is 40.3 Å². The second-order valence-electron chi connectivity index (χ2n) is 26.4. The van der Waals surface area contributed by atoms with Gasteiger partial charge in [0, 0.05) is 93.3 Å². The zero-order valence-corrected chi connectivity index (χ0v) is 48.5. The molecule has 3 aliphatic carbocycles. The van der Waals surface area contributed by atoms with Gasteiger partial charge in [-0.3, -0.25) is 44.3 Å². The van der Waals surface area contributed by atoms with Gasteiger partial charge in [0.25, 0.3) is 5.91 Å². The predicted molar refractivity (Wildman–Crippen MR) is 307 cm³/mol. The molecule has 8 heterocycles. The molecule has 13 rings (SSSR count). The molecule has 9 aliphatic rings. The number of nitrogens with zero attached hydrogens (tertiary/aromatic N) is 7. The molecule has 446 valence electrons. The lowest BCUT2D eigenvalue weighted by molar-refractivity contribution is -0.197. The van der Waals surface area contributed by atoms with E-state index in [-0.39, 0.29) is 55.2 Å². The highest BCUT2D eigenvalue weighted by molar-refractivity contribution is 5.96. The second-order valence-corrected chi connectivity index (χ2v) is 26.4. The lowest BCUT2D eigenvalue weighted by Gasteiger charge is -2.55. The fraction of sp³-hybridized carbons (Fsp3) is 0.635. The molecule has 1 spiro atoms. The fourth-order valence-electron chi connectivity index (χ4n) is 14.7. The number of halogens is 3. The molecule has 20 heteroatoms. The van der Waals surface area contributed by atoms with Crippen molar-refractivity contribution in [3.63, 3.8) is 0 Å². The summed E-state index contributed by atoms with van der Waals surface area (Å²) in [6, 6.07) is 13.8. The summed E-state index contributed by atoms with van der Waals surface area (Å²) >= 11 is 0. The number of ether oxygens (including phenoxy) is 3. The van der Waals surface area contributed by atoms with Crippen LogP contribution < -0.4 is 21.0 Å². The number of piperazine rings is 1. The number of fused-ring (bicyclic) bond motifs is 6. The Hall–Kier alpha value is -5.64. The molecule has 6 atom stereocenters. The number of likely N-dealkylation sites (tertiary alicyclic amines) is 1. The first-order valence-electron chi connectivity index (χ1n) is 30.7. The Balaban J connectivity index is 0.854. The van der Waals surface area contributed by atoms with Crippen molar-refractivity contribution in [2.75, 3.05) is 84.1 Å². The third kappa shape index (κ3) is 11.8. The van der Waals surface area contributed by atoms with Gasteiger partial charge in [0.2, 0.25) is 11.8 Å². The van der Waals surface area contributed by atoms with Crippen LogP contribution in [-0.4, -0.2) is 180 Å². The van der Waals surface area contributed by atoms with Crippen molar-refractivity contribution in [3.05, 3.63) is 71.5 Å². The topological polar surface area (TPSA) is 176 Å². The van der Waals surface area contributed by atoms with E-state index in [9.17, 15) is 9.59 Å². The van der Waals surface area contributed by atoms with Gasteiger partial charge in [-0.15, -0.1) is 0 Å². The van der Waals surface area contributed by atoms with Gasteiger partial charge < -0.3 is 33.9 Å². The number of hydrogen-bond donors (Lipinski definition) is 3. The van der Waals surface area contributed by atoms with Crippen LogP contribution >= 0.6 is 0 Å². The van der Waals surface area contributed by atoms with Gasteiger partial charge in [-0.1, -0.05) is 57.0 Å². The number of aromatic nitrogens is 2. The quantitative estimate of drug-likeness (QED) is 0.1000. The third-order valence-electron chi connectivity index (χ3n) is 19.5. The number of benzene rings is 2. The molecule has 2 aromatic heterocycles. The monoisotopic (exact) mass is 1150 g/mol. The van der Waals surface area contributed by atoms with Crippen molar-refractivity contribution < 1.29 is 46.6 Å². The van der Waals surface area contributed by atoms with E-state index in [1.165, 1.54) is 35.3 Å². The Labute approximate surface area is 484 Å². The Morgan fingerprint density at radius 1 is 0.904 bits per heavy atom. The zero-order chi connectivity index (χ0) is 57.5. The number of hydrogen-bond acceptors (Lipinski definition) is 13. The summed E-state index contributed by atoms with van der Waals surface area (Å²) in [4.78, 5) is 72.2. The third-order valence-corrected chi connectivity index (χ3v) is 19.5. The number of rotatable bonds is 12. The zero-order valence-electron chi connectivity index (χ0n) is 48.5. The Morgan fingerprint density at radius 2 is 1.67 bits per heavy atom. The van der Waals surface area contributed by atoms with Gasteiger partial charge in [0.1, 0.15) is 30.3 Å². The predicted octanol–water partition coefficient (Wildman–Crippen LogP) is 6.80. The van der Waals surface area contributed by atoms with E-state index in [0.717, 1.165) is 74.2 Å². The minimum absolute atomic E-state index is 0.0568. The van der Waals surface area contributed by atoms with Gasteiger partial charge in [0.15, 0.2) is 0 Å². The first kappa shape index (κ1) is 56.5. The fourth-order valence-corrected chi connectivity index (χ4v) is 14.7. The molecule has 0 radical (unpaired) electrons. The molecule has 0 unspecified atom stereocenters. The van der Waals surface area contributed by atoms with E-state index in [4.69, 9.17) is 19.2 Å². The van der Waals surface area contributed by atoms with Crippen molar-refractivity contribution in [2.45, 2.75) is 158 Å². The van der Waals surface area contributed by atoms with Crippen LogP contribution in [0.3, 0.4) is 0 Å². The number of carbonyl (C=O) groups is 4. The number of anilines is 1. The number of pyridine rings is 1. The van der Waals surface area contributed by atoms with Crippen molar-refractivity contribution in [1.82, 2.24) is 45.3 Å². The maximum absolute atomic E-state index is 15.3. The maximum Gasteiger partial charge on any atom is 0.406 e. The SMILES string of the molecule is CO[C@@H](C)c1ncc(N2CCN(C3CC3)CC2)cc1-c1c2c3cc(ccc3n1CC(F)(F)F)-c1cccc(c1)C[C@H](NC(=O)[C@H](C1CCCC1)N1CCOC3(CN(C(=O)[C@@H]4N[C@@H]4C4CC4)C3)C1)C(=O)N1CCC[C@H](N1)C(=O)OCC(C)(C)C2. The summed E-state index contributed by atoms with van der Waals surface area (Å²) in [7, 11) is 1.58. The van der Waals surface area contributed by atoms with Crippen molar-refractivity contribution in [3.8, 4) is 22.4 Å². The van der Waals surface area contributed by atoms with Crippen molar-refractivity contribution in [1.29, 1.82) is 0 Å². The number of esters is 1. The Bertz CT molecular complexity index is 3120. The average molecular weight is 1150 g/mol. The molecule has 8 fully saturated rings. The van der Waals surface area contributed by atoms with Crippen LogP contribution in [0.5, 0.6) is 0 Å². The second kappa shape index (κ2) is 22.3. The Morgan fingerprint density at radius 3 is 2.41 bits per heavy atom. The molecule has 3 saturated carbocycles. The first-order chi connectivity index (χ1) is 39.9. The van der Waals surface area contributed by atoms with Crippen LogP contribution in [-0.2, 0) is 52.8 Å². The largest absolute Gasteiger partial charge is 0.464 e. The molecule has 5 saturated heterocycles. The molecule has 2 aromatic carbocycles. The number of methoxy groups -OCH3 is 1. The summed E-state index contributed by atoms with van der Waals surface area (Å²) in [5.41, 5.74) is 7.51. The summed E-state index contributed by atoms with van der Waals surface area (Å²) in [6.45, 7) is 10.5. The summed E-state index contributed by atoms with van der Waals surface area (Å²) in [5, 5.41) is 8.79. The lowest BCUT2D eigenvalue weighted by atomic mass is 9.84. The van der Waals surface area contributed by atoms with Gasteiger partial charge >= 0.3 is 12.1 Å². The summed E-state index contributed by atoms with van der Waals surface area (Å²) in [5.74, 6) is -0.363. The molecule has 4 aromatic rings. The highest BCUT2D eigenvalue weighted by Crippen LogP contribution is 2.46. The minimum atomic E-state index is -4.60. The van der Waals surface area contributed by atoms with E-state index < -0.39 is 53.9 Å². The molecule has 3 N–H and O–H groups in total. The smallest absolute Gasteiger partial charge is 0.406 e. The molecule has 83 heavy (non-hydrogen) atoms. The molecular weight excluding hydrogens is 1070 g/mol. The number of alkyl halides is 3. The van der Waals surface area contributed by atoms with Crippen LogP contribution in [0.15, 0.2) is 54.7 Å². The number of carbonyl (C=O) groups excluding carboxylic acids is 4. The average Bonchev–Trinajstić information content (AvgIpc) is 3.03. The van der Waals surface area contributed by atoms with Crippen LogP contribution in [0, 0.1) is 17.3 Å². The van der Waals surface area contributed by atoms with E-state index in [0.29, 0.717) is 97.5 Å². The number of cyclic esters (lactones) is 1. The van der Waals surface area contributed by atoms with Crippen LogP contribution in [0.4, 0.5) is 18.9 Å². The van der Waals surface area contributed by atoms with Crippen molar-refractivity contribution in [2.24, 2.45) is 17.3 Å². The van der Waals surface area contributed by atoms with Gasteiger partial charge in [-0.2, -0.15) is 13.2 Å². The van der Waals surface area contributed by atoms with Gasteiger partial charge in [-0.25, -0.2) is 5.43 Å². The number of morpholine rings is 1. The highest BCUT2D eigenvalue weighted by atomic mass is 19.4. The maximum atomic E-state index is 15.3. The summed E-state index contributed by atoms with van der Waals surface area (Å²) in [6.07, 6.45) is 6.45. The minimum Gasteiger partial charge on any atom is -0.464 e. The van der Waals surface area contributed by atoms with Crippen LogP contribution in [0.1, 0.15) is 108 Å². The summed E-state index contributed by atoms with van der Waals surface area (Å²) < 4.78 is 65.7. The standard InChI is InChI=1S/C63H81F3N10O7/c1-38(81-4)52-47(30-45(32-67-52)72-23-21-71(22-24-72)44-17-18-44)56-48-31-61(2,3)37-82-60(80)49-13-8-20-76(70-49)58(78)50(28-39-9-7-12-42(27-39)43-16-19-51(46(48)29-43)75(56)36-63(64,65)66)68-57(77)55(41-10-5-6-11-41)73-25-26-83-62(33-73)34-74(35-62)59(79)54-53(69-54)40-14-15-40/h7,9,12,16,19,27,29-30,32,38,40-41,44,49-50,53-55,69-70H,5-6,8,10-11,13-15,17-18,20-26,28,31,33-37H2,1-4H3,(H,68,77)/t38-,49-,50-,53+,54+,55-/m0/s1.